The minimum Gasteiger partial charge on any atom is -0.244 e. The molecule has 3 saturated carbocycles. The summed E-state index contributed by atoms with van der Waals surface area (Å²) >= 11 is 0. The van der Waals surface area contributed by atoms with Gasteiger partial charge in [0.05, 0.1) is 0 Å². The van der Waals surface area contributed by atoms with E-state index < -0.39 is 18.5 Å². The number of alkyl halides is 3. The van der Waals surface area contributed by atoms with Gasteiger partial charge < -0.3 is 0 Å². The van der Waals surface area contributed by atoms with E-state index in [-0.39, 0.29) is 18.8 Å². The normalized spacial score (nSPS) is 42.4. The summed E-state index contributed by atoms with van der Waals surface area (Å²) < 4.78 is 40.5. The summed E-state index contributed by atoms with van der Waals surface area (Å²) in [6.45, 7) is 2.29. The summed E-state index contributed by atoms with van der Waals surface area (Å²) in [5.41, 5.74) is 0. The van der Waals surface area contributed by atoms with Crippen molar-refractivity contribution in [1.82, 2.24) is 0 Å². The lowest BCUT2D eigenvalue weighted by Gasteiger charge is -2.38. The van der Waals surface area contributed by atoms with Gasteiger partial charge in [0.1, 0.15) is 12.3 Å². The van der Waals surface area contributed by atoms with Gasteiger partial charge >= 0.3 is 0 Å². The number of hydrogen-bond donors (Lipinski definition) is 0. The van der Waals surface area contributed by atoms with Crippen molar-refractivity contribution >= 4 is 0 Å². The van der Waals surface area contributed by atoms with Crippen LogP contribution in [-0.4, -0.2) is 18.5 Å². The summed E-state index contributed by atoms with van der Waals surface area (Å²) in [4.78, 5) is 0. The van der Waals surface area contributed by atoms with Gasteiger partial charge in [-0.2, -0.15) is 0 Å². The van der Waals surface area contributed by atoms with Crippen LogP contribution in [0.15, 0.2) is 0 Å². The van der Waals surface area contributed by atoms with E-state index in [2.05, 4.69) is 6.92 Å². The fourth-order valence-electron chi connectivity index (χ4n) is 6.51. The first-order valence-electron chi connectivity index (χ1n) is 12.5. The summed E-state index contributed by atoms with van der Waals surface area (Å²) in [6.07, 6.45) is 14.2. The molecule has 28 heavy (non-hydrogen) atoms. The van der Waals surface area contributed by atoms with E-state index in [1.807, 2.05) is 0 Å². The standard InChI is InChI=1S/C25H43F3/c1-2-3-4-5-18-8-12-21(13-9-18)22-14-10-19(11-15-22)6-7-20-16-23(26)25(28)24(27)17-20/h18-25H,2-17H2,1H3. The van der Waals surface area contributed by atoms with E-state index in [0.717, 1.165) is 36.5 Å². The predicted molar refractivity (Wildman–Crippen MR) is 112 cm³/mol. The van der Waals surface area contributed by atoms with Crippen molar-refractivity contribution in [3.05, 3.63) is 0 Å². The molecule has 3 aliphatic carbocycles. The zero-order chi connectivity index (χ0) is 19.9. The van der Waals surface area contributed by atoms with Gasteiger partial charge in [0.25, 0.3) is 0 Å². The van der Waals surface area contributed by atoms with E-state index in [0.29, 0.717) is 0 Å². The van der Waals surface area contributed by atoms with Crippen molar-refractivity contribution < 1.29 is 13.2 Å². The first-order valence-corrected chi connectivity index (χ1v) is 12.5. The molecule has 0 nitrogen and oxygen atoms in total. The highest BCUT2D eigenvalue weighted by Crippen LogP contribution is 2.44. The van der Waals surface area contributed by atoms with E-state index in [1.54, 1.807) is 0 Å². The number of rotatable bonds is 8. The highest BCUT2D eigenvalue weighted by atomic mass is 19.2. The molecule has 0 saturated heterocycles. The average molecular weight is 401 g/mol. The van der Waals surface area contributed by atoms with Crippen LogP contribution in [-0.2, 0) is 0 Å². The molecule has 0 spiro atoms. The van der Waals surface area contributed by atoms with Gasteiger partial charge in [-0.15, -0.1) is 0 Å². The molecule has 3 fully saturated rings. The van der Waals surface area contributed by atoms with Crippen LogP contribution in [0.2, 0.25) is 0 Å². The molecule has 0 amide bonds. The molecule has 0 aromatic rings. The van der Waals surface area contributed by atoms with Crippen LogP contribution >= 0.6 is 0 Å². The van der Waals surface area contributed by atoms with Crippen molar-refractivity contribution in [2.24, 2.45) is 29.6 Å². The Kier molecular flexibility index (Phi) is 9.03. The Balaban J connectivity index is 1.30. The number of halogens is 3. The van der Waals surface area contributed by atoms with Gasteiger partial charge in [-0.1, -0.05) is 64.7 Å². The molecule has 0 N–H and O–H groups in total. The van der Waals surface area contributed by atoms with Gasteiger partial charge in [-0.25, -0.2) is 13.2 Å². The Morgan fingerprint density at radius 1 is 0.571 bits per heavy atom. The molecule has 0 heterocycles. The lowest BCUT2D eigenvalue weighted by atomic mass is 9.68. The molecule has 0 radical (unpaired) electrons. The molecule has 2 atom stereocenters. The minimum absolute atomic E-state index is 0.0534. The summed E-state index contributed by atoms with van der Waals surface area (Å²) in [5, 5.41) is 0. The van der Waals surface area contributed by atoms with Crippen LogP contribution in [0.25, 0.3) is 0 Å². The SMILES string of the molecule is CCCCCC1CCC(C2CCC(CCC3CC(F)C(F)C(F)C3)CC2)CC1. The third-order valence-electron chi connectivity index (χ3n) is 8.46. The Bertz CT molecular complexity index is 412. The van der Waals surface area contributed by atoms with Crippen LogP contribution in [0, 0.1) is 29.6 Å². The third kappa shape index (κ3) is 6.39. The number of hydrogen-bond acceptors (Lipinski definition) is 0. The Hall–Kier alpha value is -0.210. The zero-order valence-corrected chi connectivity index (χ0v) is 18.1. The van der Waals surface area contributed by atoms with Crippen molar-refractivity contribution in [2.45, 2.75) is 128 Å². The van der Waals surface area contributed by atoms with E-state index in [4.69, 9.17) is 0 Å². The zero-order valence-electron chi connectivity index (χ0n) is 18.1. The Labute approximate surface area is 171 Å². The molecule has 0 aliphatic heterocycles. The van der Waals surface area contributed by atoms with Crippen molar-refractivity contribution in [3.8, 4) is 0 Å². The smallest absolute Gasteiger partial charge is 0.162 e. The maximum absolute atomic E-state index is 13.6. The predicted octanol–water partition coefficient (Wildman–Crippen LogP) is 8.38. The Morgan fingerprint density at radius 2 is 1.04 bits per heavy atom. The minimum atomic E-state index is -1.88. The molecular formula is C25H43F3. The first kappa shape index (κ1) is 22.5. The molecule has 0 bridgehead atoms. The monoisotopic (exact) mass is 400 g/mol. The second-order valence-corrected chi connectivity index (χ2v) is 10.4. The van der Waals surface area contributed by atoms with Crippen molar-refractivity contribution in [2.75, 3.05) is 0 Å². The van der Waals surface area contributed by atoms with E-state index >= 15 is 0 Å². The molecule has 3 heteroatoms. The molecular weight excluding hydrogens is 357 g/mol. The maximum Gasteiger partial charge on any atom is 0.162 e. The van der Waals surface area contributed by atoms with Crippen LogP contribution in [0.1, 0.15) is 110 Å². The topological polar surface area (TPSA) is 0 Å². The summed E-state index contributed by atoms with van der Waals surface area (Å²) in [5.74, 6) is 3.68. The molecule has 0 aromatic heterocycles. The summed E-state index contributed by atoms with van der Waals surface area (Å²) in [6, 6.07) is 0. The first-order chi connectivity index (χ1) is 13.6. The lowest BCUT2D eigenvalue weighted by molar-refractivity contribution is 0.0139. The van der Waals surface area contributed by atoms with Gasteiger partial charge in [0.15, 0.2) is 6.17 Å². The summed E-state index contributed by atoms with van der Waals surface area (Å²) in [7, 11) is 0. The largest absolute Gasteiger partial charge is 0.244 e. The fourth-order valence-corrected chi connectivity index (χ4v) is 6.51. The van der Waals surface area contributed by atoms with Crippen LogP contribution in [0.5, 0.6) is 0 Å². The van der Waals surface area contributed by atoms with E-state index in [1.165, 1.54) is 77.0 Å². The Morgan fingerprint density at radius 3 is 1.54 bits per heavy atom. The van der Waals surface area contributed by atoms with Crippen LogP contribution in [0.3, 0.4) is 0 Å². The molecule has 3 aliphatic rings. The van der Waals surface area contributed by atoms with Gasteiger partial charge in [-0.3, -0.25) is 0 Å². The second kappa shape index (κ2) is 11.3. The van der Waals surface area contributed by atoms with E-state index in [9.17, 15) is 13.2 Å². The molecule has 3 rings (SSSR count). The fraction of sp³-hybridized carbons (Fsp3) is 1.00. The lowest BCUT2D eigenvalue weighted by Crippen LogP contribution is -2.37. The highest BCUT2D eigenvalue weighted by molar-refractivity contribution is 4.88. The van der Waals surface area contributed by atoms with Crippen LogP contribution in [0.4, 0.5) is 13.2 Å². The molecule has 0 aromatic carbocycles. The third-order valence-corrected chi connectivity index (χ3v) is 8.46. The van der Waals surface area contributed by atoms with Gasteiger partial charge in [0, 0.05) is 0 Å². The average Bonchev–Trinajstić information content (AvgIpc) is 2.71. The highest BCUT2D eigenvalue weighted by Gasteiger charge is 2.39. The quantitative estimate of drug-likeness (QED) is 0.359. The molecule has 2 unspecified atom stereocenters. The number of unbranched alkanes of at least 4 members (excludes halogenated alkanes) is 2. The van der Waals surface area contributed by atoms with Gasteiger partial charge in [-0.05, 0) is 74.5 Å². The van der Waals surface area contributed by atoms with Crippen LogP contribution < -0.4 is 0 Å². The molecule has 164 valence electrons. The van der Waals surface area contributed by atoms with Crippen molar-refractivity contribution in [1.29, 1.82) is 0 Å². The van der Waals surface area contributed by atoms with Crippen molar-refractivity contribution in [3.63, 3.8) is 0 Å². The maximum atomic E-state index is 13.6. The second-order valence-electron chi connectivity index (χ2n) is 10.4. The van der Waals surface area contributed by atoms with Gasteiger partial charge in [0.2, 0.25) is 0 Å².